The van der Waals surface area contributed by atoms with E-state index >= 15 is 0 Å². The number of hydrogen-bond donors (Lipinski definition) is 0. The number of amides is 2. The molecule has 36 heavy (non-hydrogen) atoms. The molecule has 5 rings (SSSR count). The number of aromatic nitrogens is 5. The molecule has 188 valence electrons. The van der Waals surface area contributed by atoms with Gasteiger partial charge in [-0.05, 0) is 24.3 Å². The van der Waals surface area contributed by atoms with Crippen molar-refractivity contribution in [2.45, 2.75) is 11.7 Å². The van der Waals surface area contributed by atoms with E-state index in [0.717, 1.165) is 37.8 Å². The second-order valence-electron chi connectivity index (χ2n) is 8.60. The first-order valence-corrected chi connectivity index (χ1v) is 13.0. The van der Waals surface area contributed by atoms with Gasteiger partial charge in [-0.25, -0.2) is 19.6 Å². The van der Waals surface area contributed by atoms with E-state index in [9.17, 15) is 9.59 Å². The Balaban J connectivity index is 1.07. The van der Waals surface area contributed by atoms with Gasteiger partial charge in [0.2, 0.25) is 11.8 Å². The summed E-state index contributed by atoms with van der Waals surface area (Å²) in [5.74, 6) is 2.20. The number of rotatable bonds is 7. The smallest absolute Gasteiger partial charge is 0.244 e. The summed E-state index contributed by atoms with van der Waals surface area (Å²) in [4.78, 5) is 46.9. The van der Waals surface area contributed by atoms with Crippen LogP contribution in [0.25, 0.3) is 0 Å². The van der Waals surface area contributed by atoms with Crippen molar-refractivity contribution >= 4 is 35.2 Å². The average Bonchev–Trinajstić information content (AvgIpc) is 3.39. The van der Waals surface area contributed by atoms with Gasteiger partial charge in [0, 0.05) is 64.8 Å². The van der Waals surface area contributed by atoms with Gasteiger partial charge in [-0.15, -0.1) is 0 Å². The maximum atomic E-state index is 12.9. The molecule has 2 amide bonds. The molecule has 5 heterocycles. The summed E-state index contributed by atoms with van der Waals surface area (Å²) >= 11 is 1.32. The molecule has 0 N–H and O–H groups in total. The van der Waals surface area contributed by atoms with Gasteiger partial charge in [0.1, 0.15) is 24.5 Å². The topological polar surface area (TPSA) is 104 Å². The number of thioether (sulfide) groups is 1. The molecule has 12 heteroatoms. The number of pyridine rings is 2. The van der Waals surface area contributed by atoms with Crippen LogP contribution < -0.4 is 9.80 Å². The Bertz CT molecular complexity index is 1140. The number of anilines is 2. The maximum absolute atomic E-state index is 12.9. The van der Waals surface area contributed by atoms with Crippen LogP contribution in [0.1, 0.15) is 0 Å². The highest BCUT2D eigenvalue weighted by Gasteiger charge is 2.25. The fraction of sp³-hybridized carbons (Fsp3) is 0.417. The van der Waals surface area contributed by atoms with Crippen molar-refractivity contribution < 1.29 is 9.59 Å². The van der Waals surface area contributed by atoms with E-state index in [2.05, 4.69) is 29.9 Å². The van der Waals surface area contributed by atoms with E-state index in [-0.39, 0.29) is 24.1 Å². The van der Waals surface area contributed by atoms with Crippen molar-refractivity contribution in [3.05, 3.63) is 55.1 Å². The summed E-state index contributed by atoms with van der Waals surface area (Å²) in [6, 6.07) is 11.7. The van der Waals surface area contributed by atoms with Gasteiger partial charge in [0.15, 0.2) is 5.16 Å². The Morgan fingerprint density at radius 3 is 1.81 bits per heavy atom. The lowest BCUT2D eigenvalue weighted by atomic mass is 10.3. The number of nitrogens with zero attached hydrogens (tertiary/aromatic N) is 9. The monoisotopic (exact) mass is 507 g/mol. The Morgan fingerprint density at radius 2 is 1.28 bits per heavy atom. The first-order valence-electron chi connectivity index (χ1n) is 12.1. The second kappa shape index (κ2) is 11.4. The lowest BCUT2D eigenvalue weighted by Crippen LogP contribution is -2.50. The fourth-order valence-electron chi connectivity index (χ4n) is 4.37. The highest BCUT2D eigenvalue weighted by Crippen LogP contribution is 2.18. The SMILES string of the molecule is O=C(CSc1ncnn1CC(=O)N1CCN(c2ccccn2)CC1)N1CCN(c2ccccn2)CC1. The van der Waals surface area contributed by atoms with Crippen LogP contribution in [-0.2, 0) is 16.1 Å². The largest absolute Gasteiger partial charge is 0.353 e. The van der Waals surface area contributed by atoms with E-state index in [0.29, 0.717) is 31.3 Å². The van der Waals surface area contributed by atoms with Crippen LogP contribution in [0.4, 0.5) is 11.6 Å². The van der Waals surface area contributed by atoms with Crippen molar-refractivity contribution in [1.29, 1.82) is 0 Å². The summed E-state index contributed by atoms with van der Waals surface area (Å²) in [6.45, 7) is 5.69. The van der Waals surface area contributed by atoms with Crippen LogP contribution in [0, 0.1) is 0 Å². The minimum absolute atomic E-state index is 0.00000857. The molecule has 2 aliphatic heterocycles. The summed E-state index contributed by atoms with van der Waals surface area (Å²) in [5.41, 5.74) is 0. The molecule has 0 radical (unpaired) electrons. The van der Waals surface area contributed by atoms with Gasteiger partial charge in [-0.2, -0.15) is 5.10 Å². The Hall–Kier alpha value is -3.67. The second-order valence-corrected chi connectivity index (χ2v) is 9.54. The van der Waals surface area contributed by atoms with Crippen LogP contribution in [0.3, 0.4) is 0 Å². The Morgan fingerprint density at radius 1 is 0.722 bits per heavy atom. The first-order chi connectivity index (χ1) is 17.7. The van der Waals surface area contributed by atoms with Gasteiger partial charge < -0.3 is 19.6 Å². The van der Waals surface area contributed by atoms with Crippen LogP contribution in [0.2, 0.25) is 0 Å². The molecule has 0 spiro atoms. The molecular weight excluding hydrogens is 478 g/mol. The summed E-state index contributed by atoms with van der Waals surface area (Å²) in [6.07, 6.45) is 5.00. The highest BCUT2D eigenvalue weighted by molar-refractivity contribution is 7.99. The maximum Gasteiger partial charge on any atom is 0.244 e. The van der Waals surface area contributed by atoms with Crippen molar-refractivity contribution in [3.8, 4) is 0 Å². The van der Waals surface area contributed by atoms with Gasteiger partial charge in [-0.3, -0.25) is 9.59 Å². The van der Waals surface area contributed by atoms with Crippen molar-refractivity contribution in [2.24, 2.45) is 0 Å². The zero-order valence-corrected chi connectivity index (χ0v) is 20.8. The van der Waals surface area contributed by atoms with Gasteiger partial charge in [0.05, 0.1) is 5.75 Å². The molecule has 3 aromatic rings. The molecule has 0 atom stereocenters. The van der Waals surface area contributed by atoms with Crippen LogP contribution in [-0.4, -0.2) is 104 Å². The number of hydrogen-bond acceptors (Lipinski definition) is 9. The predicted molar refractivity (Wildman–Crippen MR) is 137 cm³/mol. The number of carbonyl (C=O) groups is 2. The summed E-state index contributed by atoms with van der Waals surface area (Å²) in [7, 11) is 0. The van der Waals surface area contributed by atoms with Crippen LogP contribution >= 0.6 is 11.8 Å². The zero-order valence-electron chi connectivity index (χ0n) is 20.0. The van der Waals surface area contributed by atoms with Crippen molar-refractivity contribution in [2.75, 3.05) is 67.9 Å². The molecule has 2 fully saturated rings. The number of piperazine rings is 2. The van der Waals surface area contributed by atoms with Gasteiger partial charge in [0.25, 0.3) is 0 Å². The lowest BCUT2D eigenvalue weighted by Gasteiger charge is -2.35. The summed E-state index contributed by atoms with van der Waals surface area (Å²) < 4.78 is 1.59. The third kappa shape index (κ3) is 5.76. The fourth-order valence-corrected chi connectivity index (χ4v) is 5.19. The van der Waals surface area contributed by atoms with Gasteiger partial charge in [-0.1, -0.05) is 23.9 Å². The molecule has 0 aliphatic carbocycles. The molecule has 3 aromatic heterocycles. The van der Waals surface area contributed by atoms with E-state index in [1.54, 1.807) is 17.1 Å². The molecule has 0 bridgehead atoms. The first kappa shape index (κ1) is 24.0. The molecule has 2 aliphatic rings. The number of carbonyl (C=O) groups excluding carboxylic acids is 2. The van der Waals surface area contributed by atoms with E-state index < -0.39 is 0 Å². The third-order valence-electron chi connectivity index (χ3n) is 6.40. The molecule has 0 saturated carbocycles. The summed E-state index contributed by atoms with van der Waals surface area (Å²) in [5, 5.41) is 4.81. The van der Waals surface area contributed by atoms with Crippen LogP contribution in [0.15, 0.2) is 60.3 Å². The molecular formula is C24H29N9O2S. The molecule has 0 aromatic carbocycles. The minimum atomic E-state index is -0.00000857. The highest BCUT2D eigenvalue weighted by atomic mass is 32.2. The average molecular weight is 508 g/mol. The standard InChI is InChI=1S/C24H29N9O2S/c34-22(31-13-9-29(10-14-31)20-5-1-3-7-25-20)17-33-24(27-19-28-33)36-18-23(35)32-15-11-30(12-16-32)21-6-2-4-8-26-21/h1-8,19H,9-18H2. The Kier molecular flexibility index (Phi) is 7.60. The minimum Gasteiger partial charge on any atom is -0.353 e. The Labute approximate surface area is 214 Å². The lowest BCUT2D eigenvalue weighted by molar-refractivity contribution is -0.132. The normalized spacial score (nSPS) is 16.3. The third-order valence-corrected chi connectivity index (χ3v) is 7.37. The molecule has 2 saturated heterocycles. The van der Waals surface area contributed by atoms with Crippen molar-refractivity contribution in [1.82, 2.24) is 34.5 Å². The van der Waals surface area contributed by atoms with Crippen LogP contribution in [0.5, 0.6) is 0 Å². The van der Waals surface area contributed by atoms with Gasteiger partial charge >= 0.3 is 0 Å². The van der Waals surface area contributed by atoms with Crippen molar-refractivity contribution in [3.63, 3.8) is 0 Å². The van der Waals surface area contributed by atoms with E-state index in [4.69, 9.17) is 0 Å². The quantitative estimate of drug-likeness (QED) is 0.431. The van der Waals surface area contributed by atoms with E-state index in [1.807, 2.05) is 46.2 Å². The predicted octanol–water partition coefficient (Wildman–Crippen LogP) is 0.858. The van der Waals surface area contributed by atoms with E-state index in [1.165, 1.54) is 18.1 Å². The zero-order chi connectivity index (χ0) is 24.7. The molecule has 0 unspecified atom stereocenters. The molecule has 11 nitrogen and oxygen atoms in total.